The molecule has 0 saturated carbocycles. The number of carbonyl (C=O) groups excluding carboxylic acids is 1. The van der Waals surface area contributed by atoms with Gasteiger partial charge in [0.05, 0.1) is 6.26 Å². The molecule has 0 aromatic carbocycles. The second-order valence-corrected chi connectivity index (χ2v) is 3.49. The molecule has 3 nitrogen and oxygen atoms in total. The number of Topliss-reactive ketones (excluding diaryl/α,β-unsaturated/α-hetero) is 1. The van der Waals surface area contributed by atoms with Crippen molar-refractivity contribution in [3.05, 3.63) is 49.5 Å². The molecule has 17 heavy (non-hydrogen) atoms. The molecule has 4 heteroatoms. The molecule has 0 N–H and O–H groups in total. The summed E-state index contributed by atoms with van der Waals surface area (Å²) in [7, 11) is 0. The summed E-state index contributed by atoms with van der Waals surface area (Å²) in [4.78, 5) is 13.7. The zero-order chi connectivity index (χ0) is 11.8. The lowest BCUT2D eigenvalue weighted by Crippen LogP contribution is -2.26. The predicted octanol–water partition coefficient (Wildman–Crippen LogP) is 2.95. The Balaban J connectivity index is 0.00000256. The lowest BCUT2D eigenvalue weighted by Gasteiger charge is -2.17. The van der Waals surface area contributed by atoms with Gasteiger partial charge in [-0.05, 0) is 12.1 Å². The zero-order valence-electron chi connectivity index (χ0n) is 9.80. The van der Waals surface area contributed by atoms with Crippen LogP contribution in [0.15, 0.2) is 48.1 Å². The van der Waals surface area contributed by atoms with Crippen molar-refractivity contribution in [3.8, 4) is 0 Å². The van der Waals surface area contributed by atoms with Crippen molar-refractivity contribution in [1.82, 2.24) is 4.90 Å². The quantitative estimate of drug-likeness (QED) is 0.529. The van der Waals surface area contributed by atoms with Crippen LogP contribution in [0.1, 0.15) is 17.0 Å². The molecule has 0 aliphatic heterocycles. The van der Waals surface area contributed by atoms with Crippen molar-refractivity contribution in [2.75, 3.05) is 19.6 Å². The van der Waals surface area contributed by atoms with Gasteiger partial charge in [0, 0.05) is 26.1 Å². The first kappa shape index (κ1) is 15.7. The maximum atomic E-state index is 11.6. The van der Waals surface area contributed by atoms with Crippen LogP contribution < -0.4 is 0 Å². The Morgan fingerprint density at radius 3 is 2.47 bits per heavy atom. The van der Waals surface area contributed by atoms with E-state index in [1.165, 1.54) is 6.26 Å². The first-order valence-corrected chi connectivity index (χ1v) is 5.28. The van der Waals surface area contributed by atoms with Crippen LogP contribution in [0, 0.1) is 0 Å². The Morgan fingerprint density at radius 1 is 1.35 bits per heavy atom. The number of hydrogen-bond acceptors (Lipinski definition) is 3. The Hall–Kier alpha value is -1.32. The largest absolute Gasteiger partial charge is 0.461 e. The fourth-order valence-electron chi connectivity index (χ4n) is 1.44. The highest BCUT2D eigenvalue weighted by Crippen LogP contribution is 2.05. The summed E-state index contributed by atoms with van der Waals surface area (Å²) in [6.45, 7) is 9.58. The fourth-order valence-corrected chi connectivity index (χ4v) is 1.44. The molecule has 0 fully saturated rings. The number of carbonyl (C=O) groups is 1. The summed E-state index contributed by atoms with van der Waals surface area (Å²) in [5, 5.41) is 0. The standard InChI is InChI=1S/C13H17NO2.ClH/c1-3-8-14(9-4-2)10-7-12(15)13-6-5-11-16-13;/h3-6,11H,1-2,7-10H2;1H. The minimum atomic E-state index is 0. The van der Waals surface area contributed by atoms with Crippen LogP contribution in [0.5, 0.6) is 0 Å². The van der Waals surface area contributed by atoms with Gasteiger partial charge in [-0.3, -0.25) is 9.69 Å². The molecule has 0 amide bonds. The fraction of sp³-hybridized carbons (Fsp3) is 0.308. The minimum Gasteiger partial charge on any atom is -0.461 e. The van der Waals surface area contributed by atoms with E-state index >= 15 is 0 Å². The van der Waals surface area contributed by atoms with Gasteiger partial charge >= 0.3 is 0 Å². The first-order chi connectivity index (χ1) is 7.77. The van der Waals surface area contributed by atoms with E-state index in [2.05, 4.69) is 18.1 Å². The third kappa shape index (κ3) is 5.52. The Labute approximate surface area is 108 Å². The predicted molar refractivity (Wildman–Crippen MR) is 71.7 cm³/mol. The second-order valence-electron chi connectivity index (χ2n) is 3.49. The van der Waals surface area contributed by atoms with Crippen LogP contribution in [0.3, 0.4) is 0 Å². The highest BCUT2D eigenvalue weighted by molar-refractivity contribution is 5.93. The van der Waals surface area contributed by atoms with Crippen LogP contribution in [-0.4, -0.2) is 30.3 Å². The third-order valence-corrected chi connectivity index (χ3v) is 2.23. The maximum Gasteiger partial charge on any atom is 0.199 e. The van der Waals surface area contributed by atoms with Gasteiger partial charge < -0.3 is 4.42 Å². The number of hydrogen-bond donors (Lipinski definition) is 0. The van der Waals surface area contributed by atoms with E-state index in [9.17, 15) is 4.79 Å². The number of nitrogens with zero attached hydrogens (tertiary/aromatic N) is 1. The lowest BCUT2D eigenvalue weighted by atomic mass is 10.2. The van der Waals surface area contributed by atoms with Crippen LogP contribution >= 0.6 is 12.4 Å². The van der Waals surface area contributed by atoms with E-state index in [1.807, 2.05) is 12.2 Å². The van der Waals surface area contributed by atoms with Gasteiger partial charge in [-0.2, -0.15) is 0 Å². The molecule has 0 aliphatic rings. The molecule has 0 aliphatic carbocycles. The molecule has 0 saturated heterocycles. The summed E-state index contributed by atoms with van der Waals surface area (Å²) < 4.78 is 5.04. The third-order valence-electron chi connectivity index (χ3n) is 2.23. The summed E-state index contributed by atoms with van der Waals surface area (Å²) >= 11 is 0. The summed E-state index contributed by atoms with van der Waals surface area (Å²) in [6.07, 6.45) is 5.61. The summed E-state index contributed by atoms with van der Waals surface area (Å²) in [6, 6.07) is 3.41. The molecule has 0 unspecified atom stereocenters. The molecule has 1 aromatic heterocycles. The zero-order valence-corrected chi connectivity index (χ0v) is 10.6. The van der Waals surface area contributed by atoms with Crippen LogP contribution in [0.2, 0.25) is 0 Å². The molecular formula is C13H18ClNO2. The molecule has 0 atom stereocenters. The Bertz CT molecular complexity index is 336. The van der Waals surface area contributed by atoms with Crippen LogP contribution in [0.4, 0.5) is 0 Å². The summed E-state index contributed by atoms with van der Waals surface area (Å²) in [5.41, 5.74) is 0. The molecular weight excluding hydrogens is 238 g/mol. The lowest BCUT2D eigenvalue weighted by molar-refractivity contribution is 0.0941. The number of furan rings is 1. The molecule has 1 rings (SSSR count). The normalized spacial score (nSPS) is 9.71. The average molecular weight is 256 g/mol. The van der Waals surface area contributed by atoms with E-state index in [0.29, 0.717) is 18.7 Å². The summed E-state index contributed by atoms with van der Waals surface area (Å²) in [5.74, 6) is 0.459. The van der Waals surface area contributed by atoms with E-state index in [-0.39, 0.29) is 18.2 Å². The highest BCUT2D eigenvalue weighted by Gasteiger charge is 2.10. The molecule has 1 heterocycles. The van der Waals surface area contributed by atoms with Gasteiger partial charge in [0.1, 0.15) is 0 Å². The van der Waals surface area contributed by atoms with Gasteiger partial charge in [0.25, 0.3) is 0 Å². The topological polar surface area (TPSA) is 33.5 Å². The molecule has 94 valence electrons. The molecule has 0 spiro atoms. The Kier molecular flexibility index (Phi) is 8.11. The SMILES string of the molecule is C=CCN(CC=C)CCC(=O)c1ccco1.Cl. The van der Waals surface area contributed by atoms with Crippen molar-refractivity contribution >= 4 is 18.2 Å². The van der Waals surface area contributed by atoms with Gasteiger partial charge in [-0.1, -0.05) is 12.2 Å². The molecule has 0 radical (unpaired) electrons. The Morgan fingerprint density at radius 2 is 2.00 bits per heavy atom. The number of rotatable bonds is 8. The molecule has 0 bridgehead atoms. The van der Waals surface area contributed by atoms with E-state index in [4.69, 9.17) is 4.42 Å². The monoisotopic (exact) mass is 255 g/mol. The van der Waals surface area contributed by atoms with Gasteiger partial charge in [0.2, 0.25) is 0 Å². The van der Waals surface area contributed by atoms with Crippen LogP contribution in [-0.2, 0) is 0 Å². The first-order valence-electron chi connectivity index (χ1n) is 5.28. The van der Waals surface area contributed by atoms with Gasteiger partial charge in [0.15, 0.2) is 11.5 Å². The van der Waals surface area contributed by atoms with Crippen LogP contribution in [0.25, 0.3) is 0 Å². The second kappa shape index (κ2) is 8.79. The smallest absolute Gasteiger partial charge is 0.199 e. The van der Waals surface area contributed by atoms with Crippen molar-refractivity contribution < 1.29 is 9.21 Å². The van der Waals surface area contributed by atoms with Crippen molar-refractivity contribution in [3.63, 3.8) is 0 Å². The minimum absolute atomic E-state index is 0. The van der Waals surface area contributed by atoms with E-state index in [1.54, 1.807) is 12.1 Å². The van der Waals surface area contributed by atoms with Crippen molar-refractivity contribution in [2.45, 2.75) is 6.42 Å². The van der Waals surface area contributed by atoms with E-state index in [0.717, 1.165) is 13.1 Å². The molecule has 1 aromatic rings. The number of halogens is 1. The van der Waals surface area contributed by atoms with Crippen molar-refractivity contribution in [1.29, 1.82) is 0 Å². The number of ketones is 1. The van der Waals surface area contributed by atoms with Gasteiger partial charge in [-0.25, -0.2) is 0 Å². The average Bonchev–Trinajstić information content (AvgIpc) is 2.79. The van der Waals surface area contributed by atoms with Crippen molar-refractivity contribution in [2.24, 2.45) is 0 Å². The highest BCUT2D eigenvalue weighted by atomic mass is 35.5. The van der Waals surface area contributed by atoms with E-state index < -0.39 is 0 Å². The maximum absolute atomic E-state index is 11.6. The van der Waals surface area contributed by atoms with Gasteiger partial charge in [-0.15, -0.1) is 25.6 Å².